The van der Waals surface area contributed by atoms with Gasteiger partial charge in [0, 0.05) is 5.39 Å². The topological polar surface area (TPSA) is 71.3 Å². The van der Waals surface area contributed by atoms with Gasteiger partial charge in [-0.05, 0) is 24.3 Å². The van der Waals surface area contributed by atoms with Gasteiger partial charge in [0.05, 0.1) is 11.4 Å². The number of benzene rings is 2. The zero-order chi connectivity index (χ0) is 17.6. The minimum Gasteiger partial charge on any atom is -0.422 e. The lowest BCUT2D eigenvalue weighted by Gasteiger charge is -2.09. The molecule has 0 amide bonds. The fourth-order valence-corrected chi connectivity index (χ4v) is 2.91. The van der Waals surface area contributed by atoms with Gasteiger partial charge >= 0.3 is 5.63 Å². The summed E-state index contributed by atoms with van der Waals surface area (Å²) in [7, 11) is 0. The quantitative estimate of drug-likeness (QED) is 0.308. The summed E-state index contributed by atoms with van der Waals surface area (Å²) < 4.78 is 5.58. The van der Waals surface area contributed by atoms with Crippen LogP contribution in [-0.2, 0) is 0 Å². The number of nitrogens with one attached hydrogen (secondary N) is 2. The maximum Gasteiger partial charge on any atom is 0.347 e. The van der Waals surface area contributed by atoms with Crippen LogP contribution in [0, 0.1) is 0 Å². The van der Waals surface area contributed by atoms with Crippen molar-refractivity contribution in [2.24, 2.45) is 0 Å². The molecule has 2 aromatic carbocycles. The number of Topliss-reactive ketones (excluding diaryl/α,β-unsaturated/α-hetero) is 1. The van der Waals surface area contributed by atoms with E-state index in [1.807, 2.05) is 36.4 Å². The van der Waals surface area contributed by atoms with Gasteiger partial charge < -0.3 is 4.42 Å². The molecule has 0 atom stereocenters. The van der Waals surface area contributed by atoms with Crippen molar-refractivity contribution in [1.82, 2.24) is 5.43 Å². The SMILES string of the molecule is O=C(CSC(=S)NNc1ccccc1)c1cc2ccccc2oc1=O. The Kier molecular flexibility index (Phi) is 5.47. The average molecular weight is 370 g/mol. The normalized spacial score (nSPS) is 10.4. The van der Waals surface area contributed by atoms with E-state index in [-0.39, 0.29) is 17.1 Å². The number of thiocarbonyl (C=S) groups is 1. The third kappa shape index (κ3) is 4.46. The Hall–Kier alpha value is -2.64. The molecule has 1 aromatic heterocycles. The molecule has 0 spiro atoms. The molecule has 126 valence electrons. The van der Waals surface area contributed by atoms with E-state index in [1.165, 1.54) is 0 Å². The molecule has 0 saturated heterocycles. The molecule has 5 nitrogen and oxygen atoms in total. The fourth-order valence-electron chi connectivity index (χ4n) is 2.15. The molecule has 1 heterocycles. The second kappa shape index (κ2) is 7.96. The molecular formula is C18H14N2O3S2. The largest absolute Gasteiger partial charge is 0.422 e. The first-order chi connectivity index (χ1) is 12.1. The first-order valence-corrected chi connectivity index (χ1v) is 8.83. The van der Waals surface area contributed by atoms with Gasteiger partial charge in [-0.3, -0.25) is 15.6 Å². The molecule has 7 heteroatoms. The summed E-state index contributed by atoms with van der Waals surface area (Å²) in [5.41, 5.74) is 6.49. The van der Waals surface area contributed by atoms with Crippen molar-refractivity contribution < 1.29 is 9.21 Å². The number of hydrazine groups is 1. The van der Waals surface area contributed by atoms with Gasteiger partial charge in [0.1, 0.15) is 11.1 Å². The predicted molar refractivity (Wildman–Crippen MR) is 105 cm³/mol. The highest BCUT2D eigenvalue weighted by atomic mass is 32.2. The summed E-state index contributed by atoms with van der Waals surface area (Å²) in [5.74, 6) is -0.279. The van der Waals surface area contributed by atoms with E-state index >= 15 is 0 Å². The molecule has 2 N–H and O–H groups in total. The van der Waals surface area contributed by atoms with E-state index in [4.69, 9.17) is 16.6 Å². The predicted octanol–water partition coefficient (Wildman–Crippen LogP) is 3.61. The first kappa shape index (κ1) is 17.2. The van der Waals surface area contributed by atoms with Crippen molar-refractivity contribution in [3.8, 4) is 0 Å². The highest BCUT2D eigenvalue weighted by Crippen LogP contribution is 2.14. The van der Waals surface area contributed by atoms with Gasteiger partial charge in [0.2, 0.25) is 0 Å². The van der Waals surface area contributed by atoms with Crippen LogP contribution in [0.4, 0.5) is 5.69 Å². The van der Waals surface area contributed by atoms with E-state index in [2.05, 4.69) is 10.9 Å². The number of fused-ring (bicyclic) bond motifs is 1. The molecule has 0 bridgehead atoms. The maximum atomic E-state index is 12.3. The summed E-state index contributed by atoms with van der Waals surface area (Å²) in [6.07, 6.45) is 0. The molecule has 0 aliphatic heterocycles. The van der Waals surface area contributed by atoms with E-state index in [0.29, 0.717) is 15.3 Å². The molecule has 0 radical (unpaired) electrons. The Morgan fingerprint density at radius 1 is 1.08 bits per heavy atom. The summed E-state index contributed by atoms with van der Waals surface area (Å²) in [6, 6.07) is 18.1. The lowest BCUT2D eigenvalue weighted by atomic mass is 10.1. The Balaban J connectivity index is 1.60. The van der Waals surface area contributed by atoms with Gasteiger partial charge in [-0.15, -0.1) is 0 Å². The third-order valence-corrected chi connectivity index (χ3v) is 4.59. The number of hydrogen-bond donors (Lipinski definition) is 2. The number of carbonyl (C=O) groups is 1. The molecule has 0 aliphatic carbocycles. The van der Waals surface area contributed by atoms with Crippen LogP contribution in [0.2, 0.25) is 0 Å². The Morgan fingerprint density at radius 2 is 1.80 bits per heavy atom. The summed E-state index contributed by atoms with van der Waals surface area (Å²) in [6.45, 7) is 0. The zero-order valence-electron chi connectivity index (χ0n) is 13.0. The number of anilines is 1. The summed E-state index contributed by atoms with van der Waals surface area (Å²) in [4.78, 5) is 24.3. The van der Waals surface area contributed by atoms with Crippen LogP contribution in [0.1, 0.15) is 10.4 Å². The molecule has 25 heavy (non-hydrogen) atoms. The highest BCUT2D eigenvalue weighted by Gasteiger charge is 2.14. The van der Waals surface area contributed by atoms with Crippen LogP contribution in [0.5, 0.6) is 0 Å². The number of para-hydroxylation sites is 2. The van der Waals surface area contributed by atoms with Crippen LogP contribution in [0.3, 0.4) is 0 Å². The van der Waals surface area contributed by atoms with Crippen molar-refractivity contribution in [2.45, 2.75) is 0 Å². The fraction of sp³-hybridized carbons (Fsp3) is 0.0556. The molecule has 3 rings (SSSR count). The second-order valence-corrected chi connectivity index (χ2v) is 6.75. The number of hydrogen-bond acceptors (Lipinski definition) is 6. The molecule has 3 aromatic rings. The molecule has 0 fully saturated rings. The minimum absolute atomic E-state index is 0.0324. The van der Waals surface area contributed by atoms with Gasteiger partial charge in [0.25, 0.3) is 0 Å². The second-order valence-electron chi connectivity index (χ2n) is 5.10. The van der Waals surface area contributed by atoms with Crippen LogP contribution >= 0.6 is 24.0 Å². The smallest absolute Gasteiger partial charge is 0.347 e. The van der Waals surface area contributed by atoms with Gasteiger partial charge in [-0.2, -0.15) is 0 Å². The van der Waals surface area contributed by atoms with Crippen molar-refractivity contribution in [3.05, 3.63) is 76.6 Å². The van der Waals surface area contributed by atoms with Crippen LogP contribution < -0.4 is 16.5 Å². The zero-order valence-corrected chi connectivity index (χ0v) is 14.7. The third-order valence-electron chi connectivity index (χ3n) is 3.36. The van der Waals surface area contributed by atoms with Crippen LogP contribution in [0.15, 0.2) is 69.9 Å². The van der Waals surface area contributed by atoms with E-state index in [1.54, 1.807) is 24.3 Å². The van der Waals surface area contributed by atoms with E-state index < -0.39 is 5.63 Å². The molecule has 0 aliphatic rings. The van der Waals surface area contributed by atoms with E-state index in [9.17, 15) is 9.59 Å². The Morgan fingerprint density at radius 3 is 2.60 bits per heavy atom. The summed E-state index contributed by atoms with van der Waals surface area (Å²) >= 11 is 6.31. The standard InChI is InChI=1S/C18H14N2O3S2/c21-15(11-25-18(24)20-19-13-7-2-1-3-8-13)14-10-12-6-4-5-9-16(12)23-17(14)22/h1-10,19H,11H2,(H,20,24). The molecular weight excluding hydrogens is 356 g/mol. The van der Waals surface area contributed by atoms with Crippen molar-refractivity contribution in [2.75, 3.05) is 11.2 Å². The number of thioether (sulfide) groups is 1. The number of ketones is 1. The Labute approximate surface area is 153 Å². The minimum atomic E-state index is -0.634. The summed E-state index contributed by atoms with van der Waals surface area (Å²) in [5, 5.41) is 0.710. The van der Waals surface area contributed by atoms with Gasteiger partial charge in [-0.1, -0.05) is 60.4 Å². The van der Waals surface area contributed by atoms with Gasteiger partial charge in [0.15, 0.2) is 10.1 Å². The first-order valence-electron chi connectivity index (χ1n) is 7.43. The monoisotopic (exact) mass is 370 g/mol. The number of carbonyl (C=O) groups excluding carboxylic acids is 1. The lowest BCUT2D eigenvalue weighted by molar-refractivity contribution is 0.101. The highest BCUT2D eigenvalue weighted by molar-refractivity contribution is 8.23. The van der Waals surface area contributed by atoms with Crippen LogP contribution in [0.25, 0.3) is 11.0 Å². The number of rotatable bonds is 5. The van der Waals surface area contributed by atoms with Crippen LogP contribution in [-0.4, -0.2) is 15.9 Å². The van der Waals surface area contributed by atoms with Gasteiger partial charge in [-0.25, -0.2) is 4.79 Å². The maximum absolute atomic E-state index is 12.3. The molecule has 0 unspecified atom stereocenters. The van der Waals surface area contributed by atoms with Crippen molar-refractivity contribution in [1.29, 1.82) is 0 Å². The average Bonchev–Trinajstić information content (AvgIpc) is 2.64. The van der Waals surface area contributed by atoms with E-state index in [0.717, 1.165) is 17.4 Å². The lowest BCUT2D eigenvalue weighted by Crippen LogP contribution is -2.26. The van der Waals surface area contributed by atoms with Crippen molar-refractivity contribution in [3.63, 3.8) is 0 Å². The molecule has 0 saturated carbocycles. The van der Waals surface area contributed by atoms with Crippen molar-refractivity contribution >= 4 is 50.7 Å². The Bertz CT molecular complexity index is 971.